The third-order valence-corrected chi connectivity index (χ3v) is 5.29. The second kappa shape index (κ2) is 9.98. The molecule has 2 aromatic rings. The van der Waals surface area contributed by atoms with Crippen LogP contribution in [0.25, 0.3) is 5.57 Å². The van der Waals surface area contributed by atoms with E-state index in [-0.39, 0.29) is 17.9 Å². The van der Waals surface area contributed by atoms with Gasteiger partial charge in [-0.05, 0) is 54.2 Å². The molecule has 0 aliphatic rings. The predicted molar refractivity (Wildman–Crippen MR) is 114 cm³/mol. The van der Waals surface area contributed by atoms with Gasteiger partial charge in [0.2, 0.25) is 0 Å². The number of hydrogen-bond donors (Lipinski definition) is 2. The molecule has 0 aliphatic carbocycles. The summed E-state index contributed by atoms with van der Waals surface area (Å²) < 4.78 is 25.2. The number of halogens is 2. The van der Waals surface area contributed by atoms with Crippen LogP contribution in [0.1, 0.15) is 29.8 Å². The lowest BCUT2D eigenvalue weighted by atomic mass is 10.1. The van der Waals surface area contributed by atoms with Gasteiger partial charge >= 0.3 is 0 Å². The summed E-state index contributed by atoms with van der Waals surface area (Å²) in [6, 6.07) is 8.69. The van der Waals surface area contributed by atoms with E-state index in [1.165, 1.54) is 17.8 Å². The van der Waals surface area contributed by atoms with Crippen LogP contribution in [0.2, 0.25) is 5.02 Å². The molecule has 0 radical (unpaired) electrons. The highest BCUT2D eigenvalue weighted by molar-refractivity contribution is 8.06. The maximum absolute atomic E-state index is 14.4. The number of benzene rings is 2. The molecule has 4 nitrogen and oxygen atoms in total. The van der Waals surface area contributed by atoms with Gasteiger partial charge in [0.15, 0.2) is 11.6 Å². The van der Waals surface area contributed by atoms with Gasteiger partial charge in [-0.3, -0.25) is 0 Å². The smallest absolute Gasteiger partial charge is 0.172 e. The average molecular weight is 424 g/mol. The van der Waals surface area contributed by atoms with Gasteiger partial charge in [-0.1, -0.05) is 42.1 Å². The minimum absolute atomic E-state index is 0.0231. The zero-order valence-electron chi connectivity index (χ0n) is 16.0. The second-order valence-electron chi connectivity index (χ2n) is 6.15. The Balaban J connectivity index is 2.01. The Kier molecular flexibility index (Phi) is 7.95. The molecule has 0 aromatic heterocycles. The maximum atomic E-state index is 14.4. The zero-order valence-corrected chi connectivity index (χ0v) is 17.5. The van der Waals surface area contributed by atoms with Crippen molar-refractivity contribution in [3.63, 3.8) is 0 Å². The van der Waals surface area contributed by atoms with Crippen LogP contribution in [-0.2, 0) is 0 Å². The lowest BCUT2D eigenvalue weighted by Gasteiger charge is -2.14. The molecule has 0 fully saturated rings. The molecule has 1 unspecified atom stereocenters. The molecular formula is C21H23ClFNO3S. The van der Waals surface area contributed by atoms with Crippen LogP contribution in [0, 0.1) is 12.7 Å². The fraction of sp³-hybridized carbons (Fsp3) is 0.238. The van der Waals surface area contributed by atoms with E-state index in [4.69, 9.17) is 26.8 Å². The molecule has 0 spiro atoms. The van der Waals surface area contributed by atoms with Crippen LogP contribution in [0.4, 0.5) is 4.39 Å². The first kappa shape index (κ1) is 22.3. The number of methoxy groups -OCH3 is 1. The van der Waals surface area contributed by atoms with E-state index >= 15 is 0 Å². The summed E-state index contributed by atoms with van der Waals surface area (Å²) >= 11 is 7.43. The normalized spacial score (nSPS) is 12.6. The first-order chi connectivity index (χ1) is 13.2. The van der Waals surface area contributed by atoms with Crippen molar-refractivity contribution in [2.24, 2.45) is 5.73 Å². The van der Waals surface area contributed by atoms with Crippen molar-refractivity contribution in [2.75, 3.05) is 13.7 Å². The summed E-state index contributed by atoms with van der Waals surface area (Å²) in [7, 11) is 1.57. The summed E-state index contributed by atoms with van der Waals surface area (Å²) in [5.74, 6) is -0.0328. The fourth-order valence-electron chi connectivity index (χ4n) is 2.48. The zero-order chi connectivity index (χ0) is 20.8. The van der Waals surface area contributed by atoms with E-state index in [0.29, 0.717) is 21.2 Å². The van der Waals surface area contributed by atoms with Crippen LogP contribution < -0.4 is 15.2 Å². The van der Waals surface area contributed by atoms with Gasteiger partial charge < -0.3 is 20.3 Å². The number of allylic oxidation sites excluding steroid dienone is 1. The summed E-state index contributed by atoms with van der Waals surface area (Å²) in [5.41, 5.74) is 7.97. The van der Waals surface area contributed by atoms with Crippen LogP contribution >= 0.6 is 23.4 Å². The Labute approximate surface area is 173 Å². The van der Waals surface area contributed by atoms with Gasteiger partial charge in [-0.15, -0.1) is 0 Å². The standard InChI is InChI=1S/C21H23ClFNO3S/c1-12-5-8-17(20(23)19(12)21(24)25)27-10-14(3)28-11-13(2)15-6-7-16(22)18(9-15)26-4/h5-9,11,21,25H,3,10,24H2,1-2,4H3/b13-11+. The Morgan fingerprint density at radius 3 is 2.71 bits per heavy atom. The minimum atomic E-state index is -1.40. The van der Waals surface area contributed by atoms with Crippen molar-refractivity contribution >= 4 is 28.9 Å². The highest BCUT2D eigenvalue weighted by atomic mass is 35.5. The number of aliphatic hydroxyl groups excluding tert-OH is 1. The van der Waals surface area contributed by atoms with Crippen LogP contribution in [0.5, 0.6) is 11.5 Å². The Hall–Kier alpha value is -1.99. The third-order valence-electron chi connectivity index (χ3n) is 4.06. The number of rotatable bonds is 8. The quantitative estimate of drug-likeness (QED) is 0.554. The largest absolute Gasteiger partial charge is 0.495 e. The predicted octanol–water partition coefficient (Wildman–Crippen LogP) is 5.43. The van der Waals surface area contributed by atoms with E-state index in [9.17, 15) is 9.50 Å². The molecule has 0 saturated carbocycles. The summed E-state index contributed by atoms with van der Waals surface area (Å²) in [6.45, 7) is 7.68. The first-order valence-electron chi connectivity index (χ1n) is 8.45. The molecule has 0 amide bonds. The lowest BCUT2D eigenvalue weighted by molar-refractivity contribution is 0.179. The third kappa shape index (κ3) is 5.52. The van der Waals surface area contributed by atoms with Crippen molar-refractivity contribution in [3.05, 3.63) is 74.8 Å². The number of hydrogen-bond acceptors (Lipinski definition) is 5. The number of nitrogens with two attached hydrogens (primary N) is 1. The van der Waals surface area contributed by atoms with Gasteiger partial charge in [-0.2, -0.15) is 0 Å². The Morgan fingerprint density at radius 1 is 1.36 bits per heavy atom. The van der Waals surface area contributed by atoms with Crippen LogP contribution in [0.3, 0.4) is 0 Å². The number of aliphatic hydroxyl groups is 1. The Bertz CT molecular complexity index is 899. The molecule has 0 heterocycles. The maximum Gasteiger partial charge on any atom is 0.172 e. The molecule has 1 atom stereocenters. The van der Waals surface area contributed by atoms with Crippen molar-refractivity contribution in [3.8, 4) is 11.5 Å². The van der Waals surface area contributed by atoms with E-state index < -0.39 is 12.0 Å². The summed E-state index contributed by atoms with van der Waals surface area (Å²) in [4.78, 5) is 0.690. The van der Waals surface area contributed by atoms with Gasteiger partial charge in [0.25, 0.3) is 0 Å². The highest BCUT2D eigenvalue weighted by Crippen LogP contribution is 2.31. The van der Waals surface area contributed by atoms with Crippen LogP contribution in [0.15, 0.2) is 47.2 Å². The molecule has 0 aliphatic heterocycles. The second-order valence-corrected chi connectivity index (χ2v) is 7.60. The van der Waals surface area contributed by atoms with Gasteiger partial charge in [-0.25, -0.2) is 4.39 Å². The van der Waals surface area contributed by atoms with E-state index in [2.05, 4.69) is 6.58 Å². The first-order valence-corrected chi connectivity index (χ1v) is 9.71. The Morgan fingerprint density at radius 2 is 2.07 bits per heavy atom. The van der Waals surface area contributed by atoms with Gasteiger partial charge in [0.1, 0.15) is 18.6 Å². The molecule has 28 heavy (non-hydrogen) atoms. The SMILES string of the molecule is C=C(COc1ccc(C)c(C(N)O)c1F)S/C=C(\C)c1ccc(Cl)c(OC)c1. The molecule has 0 bridgehead atoms. The van der Waals surface area contributed by atoms with Crippen molar-refractivity contribution in [1.82, 2.24) is 0 Å². The van der Waals surface area contributed by atoms with E-state index in [1.807, 2.05) is 24.5 Å². The van der Waals surface area contributed by atoms with Crippen molar-refractivity contribution in [2.45, 2.75) is 20.1 Å². The molecule has 7 heteroatoms. The van der Waals surface area contributed by atoms with Crippen LogP contribution in [-0.4, -0.2) is 18.8 Å². The minimum Gasteiger partial charge on any atom is -0.495 e. The molecule has 3 N–H and O–H groups in total. The molecule has 2 rings (SSSR count). The molecule has 2 aromatic carbocycles. The number of thioether (sulfide) groups is 1. The van der Waals surface area contributed by atoms with Gasteiger partial charge in [0, 0.05) is 10.5 Å². The van der Waals surface area contributed by atoms with Crippen molar-refractivity contribution in [1.29, 1.82) is 0 Å². The monoisotopic (exact) mass is 423 g/mol. The molecule has 150 valence electrons. The average Bonchev–Trinajstić information content (AvgIpc) is 2.65. The van der Waals surface area contributed by atoms with Gasteiger partial charge in [0.05, 0.1) is 12.1 Å². The topological polar surface area (TPSA) is 64.7 Å². The number of ether oxygens (including phenoxy) is 2. The fourth-order valence-corrected chi connectivity index (χ4v) is 3.28. The highest BCUT2D eigenvalue weighted by Gasteiger charge is 2.16. The van der Waals surface area contributed by atoms with E-state index in [0.717, 1.165) is 11.1 Å². The summed E-state index contributed by atoms with van der Waals surface area (Å²) in [5, 5.41) is 12.0. The summed E-state index contributed by atoms with van der Waals surface area (Å²) in [6.07, 6.45) is -1.40. The lowest BCUT2D eigenvalue weighted by Crippen LogP contribution is -2.13. The molecular weight excluding hydrogens is 401 g/mol. The number of aryl methyl sites for hydroxylation is 1. The van der Waals surface area contributed by atoms with E-state index in [1.54, 1.807) is 26.2 Å². The molecule has 0 saturated heterocycles. The van der Waals surface area contributed by atoms with Crippen molar-refractivity contribution < 1.29 is 19.0 Å².